The van der Waals surface area contributed by atoms with Gasteiger partial charge >= 0.3 is 0 Å². The summed E-state index contributed by atoms with van der Waals surface area (Å²) in [4.78, 5) is 10.5. The van der Waals surface area contributed by atoms with Crippen molar-refractivity contribution in [2.24, 2.45) is 0 Å². The lowest BCUT2D eigenvalue weighted by Crippen LogP contribution is -2.04. The minimum atomic E-state index is -0.349. The molecule has 1 saturated carbocycles. The summed E-state index contributed by atoms with van der Waals surface area (Å²) in [7, 11) is 0. The first kappa shape index (κ1) is 15.5. The van der Waals surface area contributed by atoms with Crippen LogP contribution in [0.25, 0.3) is 0 Å². The van der Waals surface area contributed by atoms with Crippen LogP contribution in [-0.2, 0) is 0 Å². The number of benzene rings is 2. The summed E-state index contributed by atoms with van der Waals surface area (Å²) in [6, 6.07) is 13.7. The molecule has 1 aliphatic carbocycles. The van der Waals surface area contributed by atoms with Gasteiger partial charge in [-0.15, -0.1) is 0 Å². The third kappa shape index (κ3) is 3.70. The van der Waals surface area contributed by atoms with E-state index in [9.17, 15) is 10.1 Å². The molecule has 120 valence electrons. The Labute approximate surface area is 136 Å². The minimum Gasteiger partial charge on any atom is -0.356 e. The number of nitrogens with one attached hydrogen (secondary N) is 1. The summed E-state index contributed by atoms with van der Waals surface area (Å²) < 4.78 is 0. The second kappa shape index (κ2) is 6.82. The number of rotatable bonds is 4. The minimum absolute atomic E-state index is 0.156. The van der Waals surface area contributed by atoms with Gasteiger partial charge in [-0.1, -0.05) is 31.4 Å². The predicted molar refractivity (Wildman–Crippen MR) is 93.4 cm³/mol. The maximum absolute atomic E-state index is 10.9. The smallest absolute Gasteiger partial charge is 0.272 e. The second-order valence-electron chi connectivity index (χ2n) is 6.34. The Bertz CT molecular complexity index is 689. The molecule has 0 heterocycles. The highest BCUT2D eigenvalue weighted by Gasteiger charge is 2.15. The lowest BCUT2D eigenvalue weighted by atomic mass is 9.84. The van der Waals surface area contributed by atoms with Crippen LogP contribution in [-0.4, -0.2) is 4.92 Å². The van der Waals surface area contributed by atoms with Crippen molar-refractivity contribution in [1.29, 1.82) is 0 Å². The summed E-state index contributed by atoms with van der Waals surface area (Å²) in [5.41, 5.74) is 4.13. The third-order valence-corrected chi connectivity index (χ3v) is 4.67. The van der Waals surface area contributed by atoms with Crippen molar-refractivity contribution in [3.05, 3.63) is 63.7 Å². The van der Waals surface area contributed by atoms with Gasteiger partial charge in [0.15, 0.2) is 0 Å². The Hall–Kier alpha value is -2.36. The lowest BCUT2D eigenvalue weighted by Gasteiger charge is -2.22. The highest BCUT2D eigenvalue weighted by Crippen LogP contribution is 2.33. The molecule has 0 atom stereocenters. The molecular formula is C19H22N2O2. The monoisotopic (exact) mass is 310 g/mol. The van der Waals surface area contributed by atoms with Crippen molar-refractivity contribution in [3.63, 3.8) is 0 Å². The van der Waals surface area contributed by atoms with E-state index < -0.39 is 0 Å². The van der Waals surface area contributed by atoms with Crippen molar-refractivity contribution in [1.82, 2.24) is 0 Å². The van der Waals surface area contributed by atoms with Gasteiger partial charge in [-0.25, -0.2) is 0 Å². The van der Waals surface area contributed by atoms with Gasteiger partial charge in [0.05, 0.1) is 4.92 Å². The fourth-order valence-electron chi connectivity index (χ4n) is 3.38. The van der Waals surface area contributed by atoms with Gasteiger partial charge in [0, 0.05) is 23.0 Å². The third-order valence-electron chi connectivity index (χ3n) is 4.67. The van der Waals surface area contributed by atoms with Crippen LogP contribution in [0, 0.1) is 17.0 Å². The van der Waals surface area contributed by atoms with E-state index in [-0.39, 0.29) is 10.6 Å². The molecule has 2 aromatic carbocycles. The van der Waals surface area contributed by atoms with E-state index in [0.29, 0.717) is 11.5 Å². The molecule has 0 saturated heterocycles. The van der Waals surface area contributed by atoms with Gasteiger partial charge in [0.1, 0.15) is 0 Å². The topological polar surface area (TPSA) is 55.2 Å². The molecule has 0 radical (unpaired) electrons. The highest BCUT2D eigenvalue weighted by atomic mass is 16.6. The molecule has 1 N–H and O–H groups in total. The molecule has 0 aromatic heterocycles. The van der Waals surface area contributed by atoms with Gasteiger partial charge < -0.3 is 5.32 Å². The molecule has 0 aliphatic heterocycles. The molecule has 23 heavy (non-hydrogen) atoms. The van der Waals surface area contributed by atoms with Crippen LogP contribution in [0.5, 0.6) is 0 Å². The van der Waals surface area contributed by atoms with E-state index in [2.05, 4.69) is 29.6 Å². The van der Waals surface area contributed by atoms with Crippen LogP contribution < -0.4 is 5.32 Å². The average Bonchev–Trinajstić information content (AvgIpc) is 2.56. The zero-order valence-corrected chi connectivity index (χ0v) is 13.4. The first-order chi connectivity index (χ1) is 11.1. The fourth-order valence-corrected chi connectivity index (χ4v) is 3.38. The molecule has 0 bridgehead atoms. The molecular weight excluding hydrogens is 288 g/mol. The van der Waals surface area contributed by atoms with Crippen LogP contribution in [0.1, 0.15) is 49.1 Å². The van der Waals surface area contributed by atoms with E-state index in [4.69, 9.17) is 0 Å². The first-order valence-corrected chi connectivity index (χ1v) is 8.25. The van der Waals surface area contributed by atoms with Crippen molar-refractivity contribution >= 4 is 17.1 Å². The zero-order chi connectivity index (χ0) is 16.2. The number of anilines is 2. The molecule has 1 fully saturated rings. The predicted octanol–water partition coefficient (Wildman–Crippen LogP) is 5.69. The summed E-state index contributed by atoms with van der Waals surface area (Å²) in [6.07, 6.45) is 6.65. The Morgan fingerprint density at radius 1 is 1.00 bits per heavy atom. The Morgan fingerprint density at radius 2 is 1.65 bits per heavy atom. The van der Waals surface area contributed by atoms with Crippen LogP contribution >= 0.6 is 0 Å². The van der Waals surface area contributed by atoms with Gasteiger partial charge in [-0.05, 0) is 55.5 Å². The van der Waals surface area contributed by atoms with Crippen molar-refractivity contribution in [2.45, 2.75) is 44.9 Å². The first-order valence-electron chi connectivity index (χ1n) is 8.25. The molecule has 0 amide bonds. The quantitative estimate of drug-likeness (QED) is 0.582. The SMILES string of the molecule is Cc1cc(Nc2ccc(C3CCCCC3)cc2)ccc1[N+](=O)[O-]. The van der Waals surface area contributed by atoms with Gasteiger partial charge in [0.25, 0.3) is 5.69 Å². The normalized spacial score (nSPS) is 15.3. The second-order valence-corrected chi connectivity index (χ2v) is 6.34. The summed E-state index contributed by atoms with van der Waals surface area (Å²) in [6.45, 7) is 1.76. The van der Waals surface area contributed by atoms with E-state index in [0.717, 1.165) is 11.4 Å². The van der Waals surface area contributed by atoms with E-state index >= 15 is 0 Å². The number of nitrogens with zero attached hydrogens (tertiary/aromatic N) is 1. The Balaban J connectivity index is 1.70. The molecule has 1 aliphatic rings. The van der Waals surface area contributed by atoms with Gasteiger partial charge in [-0.3, -0.25) is 10.1 Å². The van der Waals surface area contributed by atoms with Crippen molar-refractivity contribution < 1.29 is 4.92 Å². The lowest BCUT2D eigenvalue weighted by molar-refractivity contribution is -0.385. The Morgan fingerprint density at radius 3 is 2.26 bits per heavy atom. The number of nitro benzene ring substituents is 1. The van der Waals surface area contributed by atoms with E-state index in [1.54, 1.807) is 19.1 Å². The van der Waals surface area contributed by atoms with Crippen molar-refractivity contribution in [3.8, 4) is 0 Å². The summed E-state index contributed by atoms with van der Waals surface area (Å²) in [5, 5.41) is 14.2. The molecule has 0 unspecified atom stereocenters. The van der Waals surface area contributed by atoms with E-state index in [1.165, 1.54) is 37.7 Å². The summed E-state index contributed by atoms with van der Waals surface area (Å²) in [5.74, 6) is 0.708. The molecule has 2 aromatic rings. The van der Waals surface area contributed by atoms with Crippen LogP contribution in [0.4, 0.5) is 17.1 Å². The summed E-state index contributed by atoms with van der Waals surface area (Å²) >= 11 is 0. The number of aryl methyl sites for hydroxylation is 1. The molecule has 0 spiro atoms. The fraction of sp³-hybridized carbons (Fsp3) is 0.368. The van der Waals surface area contributed by atoms with Gasteiger partial charge in [-0.2, -0.15) is 0 Å². The largest absolute Gasteiger partial charge is 0.356 e. The maximum Gasteiger partial charge on any atom is 0.272 e. The maximum atomic E-state index is 10.9. The van der Waals surface area contributed by atoms with Gasteiger partial charge in [0.2, 0.25) is 0 Å². The average molecular weight is 310 g/mol. The molecule has 3 rings (SSSR count). The van der Waals surface area contributed by atoms with E-state index in [1.807, 2.05) is 6.07 Å². The zero-order valence-electron chi connectivity index (χ0n) is 13.4. The molecule has 4 heteroatoms. The number of hydrogen-bond donors (Lipinski definition) is 1. The van der Waals surface area contributed by atoms with Crippen LogP contribution in [0.15, 0.2) is 42.5 Å². The highest BCUT2D eigenvalue weighted by molar-refractivity contribution is 5.63. The Kier molecular flexibility index (Phi) is 4.60. The van der Waals surface area contributed by atoms with Crippen LogP contribution in [0.2, 0.25) is 0 Å². The molecule has 4 nitrogen and oxygen atoms in total. The van der Waals surface area contributed by atoms with Crippen LogP contribution in [0.3, 0.4) is 0 Å². The number of nitro groups is 1. The standard InChI is InChI=1S/C19H22N2O2/c1-14-13-18(11-12-19(14)21(22)23)20-17-9-7-16(8-10-17)15-5-3-2-4-6-15/h7-13,15,20H,2-6H2,1H3. The number of hydrogen-bond acceptors (Lipinski definition) is 3. The van der Waals surface area contributed by atoms with Crippen molar-refractivity contribution in [2.75, 3.05) is 5.32 Å².